The van der Waals surface area contributed by atoms with E-state index < -0.39 is 17.7 Å². The van der Waals surface area contributed by atoms with Crippen LogP contribution in [0.2, 0.25) is 0 Å². The van der Waals surface area contributed by atoms with Crippen LogP contribution in [0.1, 0.15) is 6.92 Å². The Morgan fingerprint density at radius 2 is 1.70 bits per heavy atom. The van der Waals surface area contributed by atoms with Crippen LogP contribution in [-0.4, -0.2) is 28.5 Å². The van der Waals surface area contributed by atoms with Gasteiger partial charge >= 0.3 is 0 Å². The minimum absolute atomic E-state index is 0.0153. The van der Waals surface area contributed by atoms with E-state index >= 15 is 0 Å². The van der Waals surface area contributed by atoms with E-state index in [0.29, 0.717) is 17.1 Å². The molecule has 2 heterocycles. The molecular formula is C21H15BrN4O3S. The number of nitrogens with one attached hydrogen (secondary N) is 1. The molecule has 2 aliphatic heterocycles. The minimum atomic E-state index is -0.826. The Balaban J connectivity index is 1.67. The van der Waals surface area contributed by atoms with Crippen molar-refractivity contribution in [3.05, 3.63) is 70.7 Å². The van der Waals surface area contributed by atoms with Gasteiger partial charge in [-0.2, -0.15) is 10.1 Å². The molecule has 30 heavy (non-hydrogen) atoms. The highest BCUT2D eigenvalue weighted by Gasteiger charge is 2.39. The first-order valence-corrected chi connectivity index (χ1v) is 10.2. The highest BCUT2D eigenvalue weighted by Crippen LogP contribution is 2.27. The quantitative estimate of drug-likeness (QED) is 0.413. The Bertz CT molecular complexity index is 1130. The molecule has 0 radical (unpaired) electrons. The van der Waals surface area contributed by atoms with Crippen molar-refractivity contribution in [2.45, 2.75) is 6.92 Å². The van der Waals surface area contributed by atoms with E-state index in [-0.39, 0.29) is 16.6 Å². The Kier molecular flexibility index (Phi) is 5.31. The summed E-state index contributed by atoms with van der Waals surface area (Å²) in [5.74, 6) is -2.40. The molecular weight excluding hydrogens is 468 g/mol. The summed E-state index contributed by atoms with van der Waals surface area (Å²) < 4.78 is 0.839. The summed E-state index contributed by atoms with van der Waals surface area (Å²) in [6.07, 6.45) is 1.36. The predicted octanol–water partition coefficient (Wildman–Crippen LogP) is 3.16. The van der Waals surface area contributed by atoms with Crippen molar-refractivity contribution in [2.24, 2.45) is 11.0 Å². The molecule has 2 aliphatic rings. The van der Waals surface area contributed by atoms with Crippen molar-refractivity contribution in [3.8, 4) is 0 Å². The molecule has 4 rings (SSSR count). The number of benzene rings is 2. The maximum Gasteiger partial charge on any atom is 0.269 e. The summed E-state index contributed by atoms with van der Waals surface area (Å²) in [5, 5.41) is 8.09. The fourth-order valence-corrected chi connectivity index (χ4v) is 3.74. The van der Waals surface area contributed by atoms with Gasteiger partial charge in [-0.15, -0.1) is 0 Å². The van der Waals surface area contributed by atoms with Crippen LogP contribution in [0.4, 0.5) is 11.4 Å². The largest absolute Gasteiger partial charge is 0.298 e. The number of amides is 3. The Morgan fingerprint density at radius 1 is 1.03 bits per heavy atom. The zero-order chi connectivity index (χ0) is 21.4. The normalized spacial score (nSPS) is 20.7. The number of hydrogen-bond donors (Lipinski definition) is 1. The van der Waals surface area contributed by atoms with Crippen LogP contribution in [0, 0.1) is 5.92 Å². The topological polar surface area (TPSA) is 82.1 Å². The second-order valence-electron chi connectivity index (χ2n) is 6.66. The predicted molar refractivity (Wildman–Crippen MR) is 121 cm³/mol. The van der Waals surface area contributed by atoms with Gasteiger partial charge in [0.2, 0.25) is 0 Å². The lowest BCUT2D eigenvalue weighted by molar-refractivity contribution is -0.122. The molecule has 1 atom stereocenters. The van der Waals surface area contributed by atoms with E-state index in [2.05, 4.69) is 26.3 Å². The first-order valence-electron chi connectivity index (χ1n) is 8.98. The fraction of sp³-hybridized carbons (Fsp3) is 0.0952. The third-order valence-electron chi connectivity index (χ3n) is 4.70. The summed E-state index contributed by atoms with van der Waals surface area (Å²) in [6, 6.07) is 15.9. The van der Waals surface area contributed by atoms with Crippen LogP contribution in [0.25, 0.3) is 0 Å². The lowest BCUT2D eigenvalue weighted by Crippen LogP contribution is -2.54. The second-order valence-corrected chi connectivity index (χ2v) is 7.96. The maximum absolute atomic E-state index is 13.1. The molecule has 0 spiro atoms. The molecule has 9 heteroatoms. The molecule has 0 aromatic heterocycles. The number of para-hydroxylation sites is 1. The van der Waals surface area contributed by atoms with Crippen LogP contribution in [-0.2, 0) is 14.4 Å². The fourth-order valence-electron chi connectivity index (χ4n) is 3.19. The van der Waals surface area contributed by atoms with E-state index in [1.807, 2.05) is 6.07 Å². The highest BCUT2D eigenvalue weighted by atomic mass is 79.9. The zero-order valence-corrected chi connectivity index (χ0v) is 18.1. The first-order chi connectivity index (χ1) is 14.4. The van der Waals surface area contributed by atoms with E-state index in [9.17, 15) is 14.4 Å². The Labute approximate surface area is 186 Å². The monoisotopic (exact) mass is 482 g/mol. The number of hydrazone groups is 1. The number of thiocarbonyl (C=S) groups is 1. The van der Waals surface area contributed by atoms with Crippen LogP contribution >= 0.6 is 28.1 Å². The number of halogens is 1. The molecule has 3 amide bonds. The molecule has 1 fully saturated rings. The standard InChI is InChI=1S/C21H15BrN4O3S/c1-12-16(20(29)26(24-12)15-5-3-2-4-6-15)11-17-18(27)23-21(30)25(19(17)28)14-9-7-13(22)8-10-14/h2-11,16H,1H3,(H,23,27,30)/b17-11+/t16-/m0/s1. The van der Waals surface area contributed by atoms with Crippen LogP contribution in [0.5, 0.6) is 0 Å². The molecule has 7 nitrogen and oxygen atoms in total. The summed E-state index contributed by atoms with van der Waals surface area (Å²) in [4.78, 5) is 39.8. The minimum Gasteiger partial charge on any atom is -0.298 e. The third kappa shape index (κ3) is 3.57. The van der Waals surface area contributed by atoms with Crippen LogP contribution in [0.15, 0.2) is 75.8 Å². The van der Waals surface area contributed by atoms with Gasteiger partial charge in [0.15, 0.2) is 5.11 Å². The van der Waals surface area contributed by atoms with Crippen molar-refractivity contribution in [1.29, 1.82) is 0 Å². The lowest BCUT2D eigenvalue weighted by atomic mass is 9.98. The van der Waals surface area contributed by atoms with Gasteiger partial charge in [-0.25, -0.2) is 0 Å². The van der Waals surface area contributed by atoms with Gasteiger partial charge < -0.3 is 0 Å². The number of carbonyl (C=O) groups is 3. The van der Waals surface area contributed by atoms with Gasteiger partial charge in [-0.3, -0.25) is 24.6 Å². The molecule has 150 valence electrons. The number of anilines is 2. The summed E-state index contributed by atoms with van der Waals surface area (Å²) >= 11 is 8.54. The number of carbonyl (C=O) groups excluding carboxylic acids is 3. The molecule has 0 saturated carbocycles. The maximum atomic E-state index is 13.1. The smallest absolute Gasteiger partial charge is 0.269 e. The molecule has 1 saturated heterocycles. The van der Waals surface area contributed by atoms with Crippen molar-refractivity contribution >= 4 is 68.1 Å². The number of rotatable bonds is 3. The van der Waals surface area contributed by atoms with E-state index in [0.717, 1.165) is 4.47 Å². The highest BCUT2D eigenvalue weighted by molar-refractivity contribution is 9.10. The molecule has 1 N–H and O–H groups in total. The second kappa shape index (κ2) is 7.92. The van der Waals surface area contributed by atoms with E-state index in [1.54, 1.807) is 55.5 Å². The Hall–Kier alpha value is -3.17. The van der Waals surface area contributed by atoms with Crippen molar-refractivity contribution < 1.29 is 14.4 Å². The van der Waals surface area contributed by atoms with Crippen molar-refractivity contribution in [1.82, 2.24) is 5.32 Å². The van der Waals surface area contributed by atoms with Gasteiger partial charge in [-0.05, 0) is 61.6 Å². The molecule has 2 aromatic rings. The molecule has 0 aliphatic carbocycles. The van der Waals surface area contributed by atoms with Gasteiger partial charge in [-0.1, -0.05) is 34.1 Å². The average molecular weight is 483 g/mol. The number of nitrogens with zero attached hydrogens (tertiary/aromatic N) is 3. The Morgan fingerprint density at radius 3 is 2.37 bits per heavy atom. The van der Waals surface area contributed by atoms with Crippen molar-refractivity contribution in [2.75, 3.05) is 9.91 Å². The van der Waals surface area contributed by atoms with Crippen LogP contribution < -0.4 is 15.2 Å². The summed E-state index contributed by atoms with van der Waals surface area (Å²) in [5.41, 5.74) is 1.45. The van der Waals surface area contributed by atoms with Crippen molar-refractivity contribution in [3.63, 3.8) is 0 Å². The summed E-state index contributed by atoms with van der Waals surface area (Å²) in [6.45, 7) is 1.69. The van der Waals surface area contributed by atoms with E-state index in [1.165, 1.54) is 16.0 Å². The first kappa shape index (κ1) is 20.1. The average Bonchev–Trinajstić information content (AvgIpc) is 3.01. The van der Waals surface area contributed by atoms with Gasteiger partial charge in [0.1, 0.15) is 5.57 Å². The molecule has 0 unspecified atom stereocenters. The third-order valence-corrected chi connectivity index (χ3v) is 5.52. The van der Waals surface area contributed by atoms with Gasteiger partial charge in [0, 0.05) is 4.47 Å². The van der Waals surface area contributed by atoms with Gasteiger partial charge in [0.05, 0.1) is 23.0 Å². The lowest BCUT2D eigenvalue weighted by Gasteiger charge is -2.29. The summed E-state index contributed by atoms with van der Waals surface area (Å²) in [7, 11) is 0. The SMILES string of the molecule is CC1=NN(c2ccccc2)C(=O)[C@H]1/C=C1\C(=O)NC(=S)N(c2ccc(Br)cc2)C1=O. The zero-order valence-electron chi connectivity index (χ0n) is 15.7. The molecule has 0 bridgehead atoms. The van der Waals surface area contributed by atoms with E-state index in [4.69, 9.17) is 12.2 Å². The molecule has 2 aromatic carbocycles. The number of hydrogen-bond acceptors (Lipinski definition) is 5. The van der Waals surface area contributed by atoms with Crippen LogP contribution in [0.3, 0.4) is 0 Å². The van der Waals surface area contributed by atoms with Gasteiger partial charge in [0.25, 0.3) is 17.7 Å².